The molecule has 33 heavy (non-hydrogen) atoms. The molecule has 1 aliphatic heterocycles. The van der Waals surface area contributed by atoms with E-state index in [0.29, 0.717) is 0 Å². The van der Waals surface area contributed by atoms with Crippen LogP contribution in [0.25, 0.3) is 33.5 Å². The van der Waals surface area contributed by atoms with Gasteiger partial charge in [0.05, 0.1) is 23.1 Å². The van der Waals surface area contributed by atoms with E-state index in [0.717, 1.165) is 53.1 Å². The molecule has 0 atom stereocenters. The SMILES string of the molecule is c1ccc(Cc2cc3[nH]nc(-c4ccccn4)c3c(-c3cn[nH]n3)c2N2CCCCC2)cc1. The lowest BCUT2D eigenvalue weighted by Gasteiger charge is -2.33. The van der Waals surface area contributed by atoms with Gasteiger partial charge in [-0.25, -0.2) is 0 Å². The minimum Gasteiger partial charge on any atom is -0.371 e. The highest BCUT2D eigenvalue weighted by atomic mass is 15.3. The Hall–Kier alpha value is -4.00. The van der Waals surface area contributed by atoms with E-state index in [1.165, 1.54) is 36.1 Å². The Bertz CT molecular complexity index is 1350. The topological polar surface area (TPSA) is 86.4 Å². The summed E-state index contributed by atoms with van der Waals surface area (Å²) in [6.07, 6.45) is 8.12. The zero-order chi connectivity index (χ0) is 22.0. The summed E-state index contributed by atoms with van der Waals surface area (Å²) < 4.78 is 0. The highest BCUT2D eigenvalue weighted by Crippen LogP contribution is 2.43. The molecule has 0 unspecified atom stereocenters. The van der Waals surface area contributed by atoms with E-state index in [2.05, 4.69) is 66.8 Å². The molecule has 0 saturated carbocycles. The summed E-state index contributed by atoms with van der Waals surface area (Å²) in [6.45, 7) is 2.07. The lowest BCUT2D eigenvalue weighted by atomic mass is 9.92. The lowest BCUT2D eigenvalue weighted by molar-refractivity contribution is 0.577. The number of pyridine rings is 1. The fourth-order valence-electron chi connectivity index (χ4n) is 4.92. The van der Waals surface area contributed by atoms with E-state index in [4.69, 9.17) is 5.10 Å². The van der Waals surface area contributed by atoms with Crippen molar-refractivity contribution in [2.75, 3.05) is 18.0 Å². The Labute approximate surface area is 191 Å². The quantitative estimate of drug-likeness (QED) is 0.406. The first-order chi connectivity index (χ1) is 16.4. The first kappa shape index (κ1) is 19.7. The molecule has 7 heteroatoms. The number of rotatable bonds is 5. The fraction of sp³-hybridized carbons (Fsp3) is 0.231. The van der Waals surface area contributed by atoms with Crippen molar-refractivity contribution in [2.45, 2.75) is 25.7 Å². The molecule has 0 aliphatic carbocycles. The van der Waals surface area contributed by atoms with Crippen molar-refractivity contribution in [3.05, 3.63) is 78.1 Å². The Balaban J connectivity index is 1.65. The summed E-state index contributed by atoms with van der Waals surface area (Å²) in [7, 11) is 0. The molecule has 1 fully saturated rings. The van der Waals surface area contributed by atoms with Gasteiger partial charge in [-0.2, -0.15) is 20.5 Å². The molecule has 2 N–H and O–H groups in total. The maximum absolute atomic E-state index is 4.71. The van der Waals surface area contributed by atoms with Gasteiger partial charge in [-0.15, -0.1) is 0 Å². The maximum Gasteiger partial charge on any atom is 0.119 e. The molecule has 0 amide bonds. The molecule has 0 spiro atoms. The van der Waals surface area contributed by atoms with Gasteiger partial charge in [-0.1, -0.05) is 36.4 Å². The van der Waals surface area contributed by atoms with Crippen molar-refractivity contribution >= 4 is 16.6 Å². The summed E-state index contributed by atoms with van der Waals surface area (Å²) in [5, 5.41) is 20.5. The van der Waals surface area contributed by atoms with Crippen LogP contribution in [0.15, 0.2) is 67.0 Å². The number of aromatic amines is 2. The predicted molar refractivity (Wildman–Crippen MR) is 130 cm³/mol. The Morgan fingerprint density at radius 2 is 1.73 bits per heavy atom. The summed E-state index contributed by atoms with van der Waals surface area (Å²) in [5.41, 5.74) is 8.36. The predicted octanol–water partition coefficient (Wildman–Crippen LogP) is 4.99. The van der Waals surface area contributed by atoms with Gasteiger partial charge >= 0.3 is 0 Å². The van der Waals surface area contributed by atoms with E-state index in [1.807, 2.05) is 24.4 Å². The van der Waals surface area contributed by atoms with E-state index in [9.17, 15) is 0 Å². The van der Waals surface area contributed by atoms with Crippen LogP contribution in [0.5, 0.6) is 0 Å². The third-order valence-electron chi connectivity index (χ3n) is 6.39. The standard InChI is InChI=1S/C26H25N7/c1-3-9-18(10-4-1)15-19-16-21-23(25(31-29-21)20-11-5-6-12-27-20)24(22-17-28-32-30-22)26(19)33-13-7-2-8-14-33/h1,3-6,9-12,16-17H,2,7-8,13-15H2,(H,29,31)(H,28,30,32). The molecule has 5 aromatic rings. The van der Waals surface area contributed by atoms with E-state index >= 15 is 0 Å². The number of hydrogen-bond donors (Lipinski definition) is 2. The maximum atomic E-state index is 4.71. The van der Waals surface area contributed by atoms with Crippen molar-refractivity contribution in [1.82, 2.24) is 30.6 Å². The number of aromatic nitrogens is 6. The summed E-state index contributed by atoms with van der Waals surface area (Å²) >= 11 is 0. The third-order valence-corrected chi connectivity index (χ3v) is 6.39. The smallest absolute Gasteiger partial charge is 0.119 e. The number of hydrogen-bond acceptors (Lipinski definition) is 5. The van der Waals surface area contributed by atoms with Gasteiger partial charge in [0.1, 0.15) is 11.4 Å². The van der Waals surface area contributed by atoms with Gasteiger partial charge in [0, 0.05) is 30.2 Å². The van der Waals surface area contributed by atoms with E-state index in [-0.39, 0.29) is 0 Å². The van der Waals surface area contributed by atoms with Gasteiger partial charge < -0.3 is 4.90 Å². The average molecular weight is 436 g/mol. The molecule has 0 radical (unpaired) electrons. The largest absolute Gasteiger partial charge is 0.371 e. The molecular weight excluding hydrogens is 410 g/mol. The molecular formula is C26H25N7. The lowest BCUT2D eigenvalue weighted by Crippen LogP contribution is -2.31. The number of benzene rings is 2. The normalized spacial score (nSPS) is 14.1. The fourth-order valence-corrected chi connectivity index (χ4v) is 4.92. The first-order valence-corrected chi connectivity index (χ1v) is 11.5. The van der Waals surface area contributed by atoms with Crippen molar-refractivity contribution in [1.29, 1.82) is 0 Å². The second-order valence-corrected chi connectivity index (χ2v) is 8.53. The van der Waals surface area contributed by atoms with Crippen LogP contribution in [0.4, 0.5) is 5.69 Å². The number of nitrogens with zero attached hydrogens (tertiary/aromatic N) is 5. The number of nitrogens with one attached hydrogen (secondary N) is 2. The van der Waals surface area contributed by atoms with Crippen LogP contribution >= 0.6 is 0 Å². The molecule has 164 valence electrons. The number of fused-ring (bicyclic) bond motifs is 1. The van der Waals surface area contributed by atoms with Crippen molar-refractivity contribution in [3.63, 3.8) is 0 Å². The third kappa shape index (κ3) is 3.65. The van der Waals surface area contributed by atoms with Crippen LogP contribution in [-0.2, 0) is 6.42 Å². The van der Waals surface area contributed by atoms with Crippen LogP contribution in [0.3, 0.4) is 0 Å². The Morgan fingerprint density at radius 1 is 0.879 bits per heavy atom. The van der Waals surface area contributed by atoms with Crippen LogP contribution in [0.2, 0.25) is 0 Å². The summed E-state index contributed by atoms with van der Waals surface area (Å²) in [4.78, 5) is 7.11. The monoisotopic (exact) mass is 435 g/mol. The van der Waals surface area contributed by atoms with Crippen LogP contribution in [-0.4, -0.2) is 43.7 Å². The van der Waals surface area contributed by atoms with Gasteiger partial charge in [-0.05, 0) is 55.0 Å². The minimum absolute atomic E-state index is 0.828. The van der Waals surface area contributed by atoms with Crippen molar-refractivity contribution in [3.8, 4) is 22.6 Å². The summed E-state index contributed by atoms with van der Waals surface area (Å²) in [5.74, 6) is 0. The van der Waals surface area contributed by atoms with Gasteiger partial charge in [0.2, 0.25) is 0 Å². The second-order valence-electron chi connectivity index (χ2n) is 8.53. The number of piperidine rings is 1. The average Bonchev–Trinajstić information content (AvgIpc) is 3.55. The molecule has 4 heterocycles. The Morgan fingerprint density at radius 3 is 2.48 bits per heavy atom. The van der Waals surface area contributed by atoms with Crippen molar-refractivity contribution in [2.24, 2.45) is 0 Å². The molecule has 3 aromatic heterocycles. The first-order valence-electron chi connectivity index (χ1n) is 11.5. The number of anilines is 1. The van der Waals surface area contributed by atoms with Crippen molar-refractivity contribution < 1.29 is 0 Å². The molecule has 2 aromatic carbocycles. The Kier molecular flexibility index (Phi) is 5.07. The van der Waals surface area contributed by atoms with Gasteiger partial charge in [0.25, 0.3) is 0 Å². The van der Waals surface area contributed by atoms with E-state index < -0.39 is 0 Å². The van der Waals surface area contributed by atoms with Crippen LogP contribution < -0.4 is 4.90 Å². The molecule has 7 nitrogen and oxygen atoms in total. The highest BCUT2D eigenvalue weighted by molar-refractivity contribution is 6.08. The second kappa shape index (κ2) is 8.50. The zero-order valence-electron chi connectivity index (χ0n) is 18.3. The molecule has 0 bridgehead atoms. The van der Waals surface area contributed by atoms with Crippen LogP contribution in [0, 0.1) is 0 Å². The summed E-state index contributed by atoms with van der Waals surface area (Å²) in [6, 6.07) is 18.8. The number of H-pyrrole nitrogens is 2. The molecule has 6 rings (SSSR count). The van der Waals surface area contributed by atoms with Crippen LogP contribution in [0.1, 0.15) is 30.4 Å². The van der Waals surface area contributed by atoms with E-state index in [1.54, 1.807) is 6.20 Å². The molecule has 1 aliphatic rings. The van der Waals surface area contributed by atoms with Gasteiger partial charge in [0.15, 0.2) is 0 Å². The van der Waals surface area contributed by atoms with Gasteiger partial charge in [-0.3, -0.25) is 10.1 Å². The minimum atomic E-state index is 0.828. The zero-order valence-corrected chi connectivity index (χ0v) is 18.3. The molecule has 1 saturated heterocycles. The highest BCUT2D eigenvalue weighted by Gasteiger charge is 2.26.